The van der Waals surface area contributed by atoms with Gasteiger partial charge in [0.05, 0.1) is 12.8 Å². The van der Waals surface area contributed by atoms with Crippen LogP contribution in [0.1, 0.15) is 38.2 Å². The van der Waals surface area contributed by atoms with E-state index in [1.807, 2.05) is 0 Å². The van der Waals surface area contributed by atoms with Gasteiger partial charge >= 0.3 is 10.2 Å². The Hall–Kier alpha value is -3.18. The molecule has 0 aliphatic heterocycles. The highest BCUT2D eigenvalue weighted by molar-refractivity contribution is 7.90. The summed E-state index contributed by atoms with van der Waals surface area (Å²) in [5.41, 5.74) is 0.472. The molecule has 0 saturated heterocycles. The number of para-hydroxylation sites is 1. The minimum atomic E-state index is -4.23. The number of ether oxygens (including phenoxy) is 1. The molecule has 1 aliphatic carbocycles. The zero-order valence-electron chi connectivity index (χ0n) is 21.7. The highest BCUT2D eigenvalue weighted by Gasteiger charge is 2.34. The van der Waals surface area contributed by atoms with Crippen LogP contribution in [0.25, 0.3) is 0 Å². The number of carbonyl (C=O) groups excluding carboxylic acids is 2. The van der Waals surface area contributed by atoms with E-state index in [-0.39, 0.29) is 24.2 Å². The molecule has 1 atom stereocenters. The predicted octanol–water partition coefficient (Wildman–Crippen LogP) is 2.92. The van der Waals surface area contributed by atoms with E-state index in [4.69, 9.17) is 4.74 Å². The lowest BCUT2D eigenvalue weighted by molar-refractivity contribution is -0.139. The first-order chi connectivity index (χ1) is 17.5. The molecule has 3 rings (SSSR count). The van der Waals surface area contributed by atoms with Gasteiger partial charge in [-0.15, -0.1) is 0 Å². The summed E-state index contributed by atoms with van der Waals surface area (Å²) in [5, 5.41) is 3.01. The van der Waals surface area contributed by atoms with Crippen LogP contribution < -0.4 is 14.4 Å². The van der Waals surface area contributed by atoms with Crippen molar-refractivity contribution in [2.45, 2.75) is 51.2 Å². The molecular weight excluding hydrogens is 499 g/mol. The Morgan fingerprint density at radius 3 is 2.27 bits per heavy atom. The number of amides is 2. The smallest absolute Gasteiger partial charge is 0.304 e. The predicted molar refractivity (Wildman–Crippen MR) is 140 cm³/mol. The molecule has 1 aliphatic rings. The lowest BCUT2D eigenvalue weighted by atomic mass is 10.1. The van der Waals surface area contributed by atoms with E-state index in [0.29, 0.717) is 5.75 Å². The molecule has 11 heteroatoms. The average Bonchev–Trinajstić information content (AvgIpc) is 3.39. The van der Waals surface area contributed by atoms with Crippen molar-refractivity contribution in [1.82, 2.24) is 14.5 Å². The van der Waals surface area contributed by atoms with E-state index in [2.05, 4.69) is 5.32 Å². The summed E-state index contributed by atoms with van der Waals surface area (Å²) in [5.74, 6) is -1.11. The third kappa shape index (κ3) is 6.98. The van der Waals surface area contributed by atoms with Crippen molar-refractivity contribution in [3.05, 3.63) is 59.9 Å². The molecule has 1 fully saturated rings. The second kappa shape index (κ2) is 12.4. The normalized spacial score (nSPS) is 14.9. The van der Waals surface area contributed by atoms with E-state index in [9.17, 15) is 22.4 Å². The first-order valence-corrected chi connectivity index (χ1v) is 13.6. The van der Waals surface area contributed by atoms with Crippen molar-refractivity contribution in [2.75, 3.05) is 32.1 Å². The van der Waals surface area contributed by atoms with Gasteiger partial charge in [-0.05, 0) is 49.6 Å². The average molecular weight is 535 g/mol. The number of benzene rings is 2. The Morgan fingerprint density at radius 2 is 1.70 bits per heavy atom. The molecule has 2 aromatic rings. The summed E-state index contributed by atoms with van der Waals surface area (Å²) in [6, 6.07) is 11.5. The quantitative estimate of drug-likeness (QED) is 0.478. The fraction of sp³-hybridized carbons (Fsp3) is 0.462. The van der Waals surface area contributed by atoms with Gasteiger partial charge in [-0.3, -0.25) is 9.59 Å². The van der Waals surface area contributed by atoms with Crippen molar-refractivity contribution in [1.29, 1.82) is 0 Å². The second-order valence-corrected chi connectivity index (χ2v) is 11.4. The zero-order valence-corrected chi connectivity index (χ0v) is 22.5. The third-order valence-electron chi connectivity index (χ3n) is 6.52. The first-order valence-electron chi connectivity index (χ1n) is 12.2. The topological polar surface area (TPSA) is 99.3 Å². The third-order valence-corrected chi connectivity index (χ3v) is 8.33. The van der Waals surface area contributed by atoms with E-state index in [1.165, 1.54) is 37.2 Å². The van der Waals surface area contributed by atoms with E-state index in [1.54, 1.807) is 38.3 Å². The molecule has 2 amide bonds. The summed E-state index contributed by atoms with van der Waals surface area (Å²) in [4.78, 5) is 28.1. The van der Waals surface area contributed by atoms with Crippen LogP contribution in [0.15, 0.2) is 48.5 Å². The lowest BCUT2D eigenvalue weighted by Crippen LogP contribution is -2.53. The highest BCUT2D eigenvalue weighted by atomic mass is 32.2. The van der Waals surface area contributed by atoms with Gasteiger partial charge in [0.1, 0.15) is 24.2 Å². The number of hydrogen-bond donors (Lipinski definition) is 1. The van der Waals surface area contributed by atoms with Crippen molar-refractivity contribution in [2.24, 2.45) is 0 Å². The minimum Gasteiger partial charge on any atom is -0.497 e. The number of rotatable bonds is 11. The molecule has 1 saturated carbocycles. The van der Waals surface area contributed by atoms with Crippen molar-refractivity contribution >= 4 is 27.7 Å². The van der Waals surface area contributed by atoms with Crippen LogP contribution in [-0.2, 0) is 26.3 Å². The fourth-order valence-electron chi connectivity index (χ4n) is 4.26. The van der Waals surface area contributed by atoms with Crippen LogP contribution in [0.4, 0.5) is 10.1 Å². The molecular formula is C26H35FN4O5S. The largest absolute Gasteiger partial charge is 0.497 e. The van der Waals surface area contributed by atoms with Crippen LogP contribution in [0.3, 0.4) is 0 Å². The van der Waals surface area contributed by atoms with Gasteiger partial charge in [0, 0.05) is 26.7 Å². The molecule has 0 bridgehead atoms. The van der Waals surface area contributed by atoms with E-state index in [0.717, 1.165) is 45.9 Å². The Morgan fingerprint density at radius 1 is 1.08 bits per heavy atom. The fourth-order valence-corrected chi connectivity index (χ4v) is 5.32. The first kappa shape index (κ1) is 28.4. The molecule has 0 aromatic heterocycles. The van der Waals surface area contributed by atoms with Gasteiger partial charge in [0.15, 0.2) is 0 Å². The second-order valence-electron chi connectivity index (χ2n) is 9.28. The molecule has 0 heterocycles. The summed E-state index contributed by atoms with van der Waals surface area (Å²) in [6.07, 6.45) is 3.84. The van der Waals surface area contributed by atoms with Crippen molar-refractivity contribution in [3.63, 3.8) is 0 Å². The Bertz CT molecular complexity index is 1180. The number of nitrogens with zero attached hydrogens (tertiary/aromatic N) is 3. The van der Waals surface area contributed by atoms with Gasteiger partial charge in [-0.25, -0.2) is 8.70 Å². The Balaban J connectivity index is 1.93. The summed E-state index contributed by atoms with van der Waals surface area (Å²) < 4.78 is 47.8. The Labute approximate surface area is 218 Å². The molecule has 37 heavy (non-hydrogen) atoms. The maximum Gasteiger partial charge on any atom is 0.304 e. The number of hydrogen-bond acceptors (Lipinski definition) is 5. The van der Waals surface area contributed by atoms with Crippen LogP contribution in [0.2, 0.25) is 0 Å². The monoisotopic (exact) mass is 534 g/mol. The summed E-state index contributed by atoms with van der Waals surface area (Å²) in [7, 11) is -0.0711. The molecule has 0 spiro atoms. The Kier molecular flexibility index (Phi) is 9.50. The summed E-state index contributed by atoms with van der Waals surface area (Å²) >= 11 is 0. The van der Waals surface area contributed by atoms with Gasteiger partial charge in [-0.2, -0.15) is 12.7 Å². The summed E-state index contributed by atoms with van der Waals surface area (Å²) in [6.45, 7) is 0.980. The number of carbonyl (C=O) groups is 2. The molecule has 202 valence electrons. The van der Waals surface area contributed by atoms with E-state index >= 15 is 0 Å². The van der Waals surface area contributed by atoms with Crippen LogP contribution >= 0.6 is 0 Å². The van der Waals surface area contributed by atoms with Crippen molar-refractivity contribution < 1.29 is 27.1 Å². The highest BCUT2D eigenvalue weighted by Crippen LogP contribution is 2.24. The molecule has 9 nitrogen and oxygen atoms in total. The van der Waals surface area contributed by atoms with Gasteiger partial charge in [0.2, 0.25) is 11.8 Å². The standard InChI is InChI=1S/C26H35FN4O5S/c1-19(26(33)28-21-9-5-6-10-21)30(17-20-13-15-22(36-4)16-14-20)25(32)18-31(37(34,35)29(2)3)24-12-8-7-11-23(24)27/h7-8,11-16,19,21H,5-6,9-10,17-18H2,1-4H3,(H,28,33)/t19-/m0/s1. The van der Waals surface area contributed by atoms with Gasteiger partial charge < -0.3 is 15.0 Å². The minimum absolute atomic E-state index is 0.0508. The van der Waals surface area contributed by atoms with Crippen LogP contribution in [0.5, 0.6) is 5.75 Å². The maximum atomic E-state index is 14.7. The van der Waals surface area contributed by atoms with Crippen LogP contribution in [-0.4, -0.2) is 69.3 Å². The number of anilines is 1. The SMILES string of the molecule is COc1ccc(CN(C(=O)CN(c2ccccc2F)S(=O)(=O)N(C)C)[C@@H](C)C(=O)NC2CCCC2)cc1. The lowest BCUT2D eigenvalue weighted by Gasteiger charge is -2.33. The molecule has 0 unspecified atom stereocenters. The van der Waals surface area contributed by atoms with Crippen LogP contribution in [0, 0.1) is 5.82 Å². The van der Waals surface area contributed by atoms with Gasteiger partial charge in [-0.1, -0.05) is 37.1 Å². The number of halogens is 1. The molecule has 0 radical (unpaired) electrons. The van der Waals surface area contributed by atoms with Crippen molar-refractivity contribution in [3.8, 4) is 5.75 Å². The molecule has 1 N–H and O–H groups in total. The van der Waals surface area contributed by atoms with Gasteiger partial charge in [0.25, 0.3) is 0 Å². The van der Waals surface area contributed by atoms with E-state index < -0.39 is 34.5 Å². The zero-order chi connectivity index (χ0) is 27.2. The number of methoxy groups -OCH3 is 1. The number of nitrogens with one attached hydrogen (secondary N) is 1. The maximum absolute atomic E-state index is 14.7. The molecule has 2 aromatic carbocycles.